The molecular formula is C16H19N5O2. The Morgan fingerprint density at radius 2 is 1.87 bits per heavy atom. The third kappa shape index (κ3) is 2.90. The molecule has 1 aromatic heterocycles. The van der Waals surface area contributed by atoms with E-state index in [0.717, 1.165) is 0 Å². The maximum atomic E-state index is 12.6. The molecule has 1 N–H and O–H groups in total. The van der Waals surface area contributed by atoms with Crippen molar-refractivity contribution in [2.24, 2.45) is 0 Å². The van der Waals surface area contributed by atoms with Crippen molar-refractivity contribution in [3.05, 3.63) is 41.7 Å². The summed E-state index contributed by atoms with van der Waals surface area (Å²) < 4.78 is 5.25. The van der Waals surface area contributed by atoms with Crippen LogP contribution < -0.4 is 15.0 Å². The first-order valence-electron chi connectivity index (χ1n) is 7.29. The zero-order valence-corrected chi connectivity index (χ0v) is 13.4. The number of urea groups is 1. The molecule has 0 spiro atoms. The summed E-state index contributed by atoms with van der Waals surface area (Å²) in [5, 5.41) is 2.88. The number of fused-ring (bicyclic) bond motifs is 1. The van der Waals surface area contributed by atoms with E-state index >= 15 is 0 Å². The molecule has 0 radical (unpaired) electrons. The van der Waals surface area contributed by atoms with Gasteiger partial charge in [-0.05, 0) is 11.1 Å². The minimum Gasteiger partial charge on any atom is -0.479 e. The number of hydrogen-bond donors (Lipinski definition) is 1. The van der Waals surface area contributed by atoms with Gasteiger partial charge in [-0.25, -0.2) is 9.78 Å². The molecule has 0 fully saturated rings. The van der Waals surface area contributed by atoms with Crippen LogP contribution in [-0.4, -0.2) is 42.1 Å². The molecule has 0 aliphatic carbocycles. The highest BCUT2D eigenvalue weighted by Crippen LogP contribution is 2.31. The Morgan fingerprint density at radius 1 is 1.22 bits per heavy atom. The average molecular weight is 313 g/mol. The Labute approximate surface area is 134 Å². The second kappa shape index (κ2) is 6.12. The van der Waals surface area contributed by atoms with Crippen LogP contribution in [0.25, 0.3) is 0 Å². The molecule has 120 valence electrons. The van der Waals surface area contributed by atoms with Gasteiger partial charge in [-0.3, -0.25) is 5.32 Å². The first kappa shape index (κ1) is 15.1. The quantitative estimate of drug-likeness (QED) is 0.939. The fourth-order valence-corrected chi connectivity index (χ4v) is 2.63. The summed E-state index contributed by atoms with van der Waals surface area (Å²) in [7, 11) is 5.22. The highest BCUT2D eigenvalue weighted by Gasteiger charge is 2.25. The predicted octanol–water partition coefficient (Wildman–Crippen LogP) is 2.10. The van der Waals surface area contributed by atoms with Gasteiger partial charge in [0.25, 0.3) is 0 Å². The minimum atomic E-state index is -0.197. The molecule has 1 aliphatic heterocycles. The third-order valence-electron chi connectivity index (χ3n) is 3.77. The van der Waals surface area contributed by atoms with Crippen LogP contribution in [0.4, 0.5) is 16.3 Å². The van der Waals surface area contributed by atoms with Gasteiger partial charge in [-0.2, -0.15) is 4.98 Å². The van der Waals surface area contributed by atoms with Crippen LogP contribution in [0, 0.1) is 0 Å². The molecule has 1 aliphatic rings. The number of rotatable bonds is 3. The summed E-state index contributed by atoms with van der Waals surface area (Å²) in [5.74, 6) is 0.940. The number of hydrogen-bond acceptors (Lipinski definition) is 5. The van der Waals surface area contributed by atoms with Crippen molar-refractivity contribution in [2.45, 2.75) is 13.1 Å². The minimum absolute atomic E-state index is 0.197. The number of anilines is 2. The number of nitrogens with one attached hydrogen (secondary N) is 1. The molecule has 23 heavy (non-hydrogen) atoms. The van der Waals surface area contributed by atoms with E-state index in [1.807, 2.05) is 38.4 Å². The molecule has 0 saturated carbocycles. The van der Waals surface area contributed by atoms with E-state index in [1.165, 1.54) is 24.6 Å². The van der Waals surface area contributed by atoms with Crippen LogP contribution in [0.15, 0.2) is 30.6 Å². The monoisotopic (exact) mass is 313 g/mol. The van der Waals surface area contributed by atoms with Gasteiger partial charge >= 0.3 is 6.03 Å². The van der Waals surface area contributed by atoms with Gasteiger partial charge in [-0.1, -0.05) is 24.3 Å². The fraction of sp³-hybridized carbons (Fsp3) is 0.312. The summed E-state index contributed by atoms with van der Waals surface area (Å²) in [6.07, 6.45) is 1.41. The lowest BCUT2D eigenvalue weighted by Gasteiger charge is -2.21. The van der Waals surface area contributed by atoms with Crippen LogP contribution in [0.1, 0.15) is 11.1 Å². The molecule has 7 nitrogen and oxygen atoms in total. The van der Waals surface area contributed by atoms with Gasteiger partial charge in [0.1, 0.15) is 12.0 Å². The van der Waals surface area contributed by atoms with Gasteiger partial charge in [0.15, 0.2) is 5.82 Å². The first-order chi connectivity index (χ1) is 11.1. The van der Waals surface area contributed by atoms with Gasteiger partial charge < -0.3 is 14.5 Å². The van der Waals surface area contributed by atoms with Crippen LogP contribution in [0.2, 0.25) is 0 Å². The maximum Gasteiger partial charge on any atom is 0.322 e. The summed E-state index contributed by atoms with van der Waals surface area (Å²) in [6.45, 7) is 1.19. The molecule has 2 amide bonds. The number of amides is 2. The van der Waals surface area contributed by atoms with Crippen molar-refractivity contribution in [2.75, 3.05) is 31.4 Å². The Morgan fingerprint density at radius 3 is 2.43 bits per heavy atom. The van der Waals surface area contributed by atoms with Crippen molar-refractivity contribution in [3.8, 4) is 5.88 Å². The number of nitrogens with zero attached hydrogens (tertiary/aromatic N) is 4. The molecule has 0 saturated heterocycles. The average Bonchev–Trinajstić information content (AvgIpc) is 2.99. The zero-order chi connectivity index (χ0) is 16.4. The third-order valence-corrected chi connectivity index (χ3v) is 3.77. The predicted molar refractivity (Wildman–Crippen MR) is 87.6 cm³/mol. The molecule has 3 rings (SSSR count). The first-order valence-corrected chi connectivity index (χ1v) is 7.29. The Hall–Kier alpha value is -2.83. The lowest BCUT2D eigenvalue weighted by molar-refractivity contribution is 0.212. The van der Waals surface area contributed by atoms with Crippen LogP contribution in [-0.2, 0) is 13.1 Å². The summed E-state index contributed by atoms with van der Waals surface area (Å²) in [4.78, 5) is 24.4. The molecule has 0 bridgehead atoms. The van der Waals surface area contributed by atoms with Crippen LogP contribution >= 0.6 is 0 Å². The lowest BCUT2D eigenvalue weighted by Crippen LogP contribution is -2.31. The van der Waals surface area contributed by atoms with Crippen LogP contribution in [0.5, 0.6) is 5.88 Å². The van der Waals surface area contributed by atoms with Crippen molar-refractivity contribution >= 4 is 17.5 Å². The van der Waals surface area contributed by atoms with E-state index < -0.39 is 0 Å². The molecule has 0 unspecified atom stereocenters. The maximum absolute atomic E-state index is 12.6. The Balaban J connectivity index is 1.82. The van der Waals surface area contributed by atoms with Crippen molar-refractivity contribution < 1.29 is 9.53 Å². The van der Waals surface area contributed by atoms with Crippen molar-refractivity contribution in [3.63, 3.8) is 0 Å². The number of benzene rings is 1. The lowest BCUT2D eigenvalue weighted by atomic mass is 10.1. The second-order valence-corrected chi connectivity index (χ2v) is 5.53. The SMILES string of the molecule is COc1ncnc(N(C)C)c1NC(=O)N1Cc2ccccc2C1. The van der Waals surface area contributed by atoms with E-state index in [4.69, 9.17) is 4.74 Å². The number of aromatic nitrogens is 2. The normalized spacial score (nSPS) is 12.7. The van der Waals surface area contributed by atoms with E-state index in [-0.39, 0.29) is 6.03 Å². The van der Waals surface area contributed by atoms with Gasteiger partial charge in [0.05, 0.1) is 7.11 Å². The standard InChI is InChI=1S/C16H19N5O2/c1-20(2)14-13(15(23-3)18-10-17-14)19-16(22)21-8-11-6-4-5-7-12(11)9-21/h4-7,10H,8-9H2,1-3H3,(H,19,22). The Kier molecular flexibility index (Phi) is 4.01. The summed E-state index contributed by atoms with van der Waals surface area (Å²) in [6, 6.07) is 7.86. The molecule has 2 aromatic rings. The van der Waals surface area contributed by atoms with E-state index in [0.29, 0.717) is 30.5 Å². The van der Waals surface area contributed by atoms with E-state index in [2.05, 4.69) is 15.3 Å². The smallest absolute Gasteiger partial charge is 0.322 e. The molecular weight excluding hydrogens is 294 g/mol. The summed E-state index contributed by atoms with van der Waals surface area (Å²) in [5.41, 5.74) is 2.82. The highest BCUT2D eigenvalue weighted by molar-refractivity contribution is 5.94. The second-order valence-electron chi connectivity index (χ2n) is 5.53. The number of carbonyl (C=O) groups excluding carboxylic acids is 1. The van der Waals surface area contributed by atoms with E-state index in [1.54, 1.807) is 9.80 Å². The van der Waals surface area contributed by atoms with Crippen molar-refractivity contribution in [1.82, 2.24) is 14.9 Å². The van der Waals surface area contributed by atoms with E-state index in [9.17, 15) is 4.79 Å². The van der Waals surface area contributed by atoms with Crippen LogP contribution in [0.3, 0.4) is 0 Å². The van der Waals surface area contributed by atoms with Gasteiger partial charge in [0.2, 0.25) is 5.88 Å². The zero-order valence-electron chi connectivity index (χ0n) is 13.4. The molecule has 2 heterocycles. The van der Waals surface area contributed by atoms with Gasteiger partial charge in [-0.15, -0.1) is 0 Å². The Bertz CT molecular complexity index is 707. The highest BCUT2D eigenvalue weighted by atomic mass is 16.5. The number of carbonyl (C=O) groups is 1. The largest absolute Gasteiger partial charge is 0.479 e. The molecule has 0 atom stereocenters. The summed E-state index contributed by atoms with van der Waals surface area (Å²) >= 11 is 0. The molecule has 7 heteroatoms. The number of ether oxygens (including phenoxy) is 1. The fourth-order valence-electron chi connectivity index (χ4n) is 2.63. The molecule has 1 aromatic carbocycles. The van der Waals surface area contributed by atoms with Crippen molar-refractivity contribution in [1.29, 1.82) is 0 Å². The topological polar surface area (TPSA) is 70.6 Å². The number of methoxy groups -OCH3 is 1. The van der Waals surface area contributed by atoms with Gasteiger partial charge in [0, 0.05) is 27.2 Å².